The minimum Gasteiger partial charge on any atom is -0.492 e. The molecule has 0 saturated heterocycles. The van der Waals surface area contributed by atoms with Crippen molar-refractivity contribution in [3.05, 3.63) is 95.2 Å². The predicted molar refractivity (Wildman–Crippen MR) is 135 cm³/mol. The van der Waals surface area contributed by atoms with Gasteiger partial charge in [-0.25, -0.2) is 8.78 Å². The summed E-state index contributed by atoms with van der Waals surface area (Å²) in [6.45, 7) is 2.88. The molecule has 0 unspecified atom stereocenters. The van der Waals surface area contributed by atoms with E-state index in [1.807, 2.05) is 36.4 Å². The van der Waals surface area contributed by atoms with Crippen LogP contribution < -0.4 is 4.74 Å². The van der Waals surface area contributed by atoms with Crippen LogP contribution in [0.5, 0.6) is 5.75 Å². The molecule has 4 rings (SSSR count). The standard InChI is InChI=1S/C30H28F2N2O/c1-2-3-4-5-16-35-26-13-15-29(34-20-26)24-12-14-27-23(18-24)11-10-22(30(27)32)8-6-21-7-9-25(19-33)28(31)17-21/h7,9-15,17-18,20H,2-6,8,16H2,1H3. The molecule has 0 radical (unpaired) electrons. The van der Waals surface area contributed by atoms with Gasteiger partial charge in [0, 0.05) is 10.9 Å². The zero-order valence-corrected chi connectivity index (χ0v) is 19.9. The summed E-state index contributed by atoms with van der Waals surface area (Å²) in [5.74, 6) is -0.0523. The van der Waals surface area contributed by atoms with Gasteiger partial charge in [-0.3, -0.25) is 4.98 Å². The maximum absolute atomic E-state index is 15.2. The first-order valence-electron chi connectivity index (χ1n) is 12.1. The third kappa shape index (κ3) is 6.02. The third-order valence-corrected chi connectivity index (χ3v) is 6.17. The van der Waals surface area contributed by atoms with Crippen LogP contribution in [0.4, 0.5) is 8.78 Å². The number of ether oxygens (including phenoxy) is 1. The highest BCUT2D eigenvalue weighted by Crippen LogP contribution is 2.28. The van der Waals surface area contributed by atoms with Crippen LogP contribution in [0.15, 0.2) is 66.9 Å². The van der Waals surface area contributed by atoms with Gasteiger partial charge < -0.3 is 4.74 Å². The number of rotatable bonds is 10. The highest BCUT2D eigenvalue weighted by Gasteiger charge is 2.11. The fourth-order valence-corrected chi connectivity index (χ4v) is 4.13. The second-order valence-corrected chi connectivity index (χ2v) is 8.69. The molecule has 0 aliphatic heterocycles. The number of pyridine rings is 1. The smallest absolute Gasteiger partial charge is 0.141 e. The lowest BCUT2D eigenvalue weighted by molar-refractivity contribution is 0.304. The number of benzene rings is 3. The van der Waals surface area contributed by atoms with Crippen LogP contribution in [0.3, 0.4) is 0 Å². The van der Waals surface area contributed by atoms with Crippen molar-refractivity contribution in [2.45, 2.75) is 45.4 Å². The zero-order chi connectivity index (χ0) is 24.6. The Labute approximate surface area is 205 Å². The Morgan fingerprint density at radius 1 is 0.914 bits per heavy atom. The summed E-state index contributed by atoms with van der Waals surface area (Å²) in [6.07, 6.45) is 7.30. The van der Waals surface area contributed by atoms with Crippen molar-refractivity contribution in [2.24, 2.45) is 0 Å². The summed E-state index contributed by atoms with van der Waals surface area (Å²) in [5.41, 5.74) is 3.04. The minimum atomic E-state index is -0.545. The van der Waals surface area contributed by atoms with Crippen molar-refractivity contribution in [2.75, 3.05) is 6.61 Å². The lowest BCUT2D eigenvalue weighted by Gasteiger charge is -2.10. The average molecular weight is 471 g/mol. The second kappa shape index (κ2) is 11.6. The predicted octanol–water partition coefficient (Wildman–Crippen LogP) is 7.80. The Balaban J connectivity index is 1.44. The lowest BCUT2D eigenvalue weighted by atomic mass is 9.98. The van der Waals surface area contributed by atoms with Gasteiger partial charge in [0.25, 0.3) is 0 Å². The Morgan fingerprint density at radius 3 is 2.54 bits per heavy atom. The number of hydrogen-bond acceptors (Lipinski definition) is 3. The van der Waals surface area contributed by atoms with Crippen LogP contribution in [0.2, 0.25) is 0 Å². The first-order valence-corrected chi connectivity index (χ1v) is 12.1. The zero-order valence-electron chi connectivity index (χ0n) is 19.9. The van der Waals surface area contributed by atoms with Crippen molar-refractivity contribution < 1.29 is 13.5 Å². The van der Waals surface area contributed by atoms with E-state index in [1.165, 1.54) is 31.4 Å². The summed E-state index contributed by atoms with van der Waals surface area (Å²) in [6, 6.07) is 19.5. The molecule has 0 N–H and O–H groups in total. The van der Waals surface area contributed by atoms with Gasteiger partial charge in [0.15, 0.2) is 0 Å². The number of hydrogen-bond donors (Lipinski definition) is 0. The van der Waals surface area contributed by atoms with Gasteiger partial charge in [-0.05, 0) is 66.1 Å². The van der Waals surface area contributed by atoms with Crippen LogP contribution in [-0.2, 0) is 12.8 Å². The number of nitrogens with zero attached hydrogens (tertiary/aromatic N) is 2. The Kier molecular flexibility index (Phi) is 8.05. The topological polar surface area (TPSA) is 45.9 Å². The van der Waals surface area contributed by atoms with Crippen LogP contribution in [0.1, 0.15) is 49.3 Å². The fraction of sp³-hybridized carbons (Fsp3) is 0.267. The van der Waals surface area contributed by atoms with Gasteiger partial charge in [0.05, 0.1) is 24.1 Å². The Hall–Kier alpha value is -3.78. The number of nitriles is 1. The first kappa shape index (κ1) is 24.3. The molecule has 3 aromatic carbocycles. The molecular formula is C30H28F2N2O. The number of fused-ring (bicyclic) bond motifs is 1. The van der Waals surface area contributed by atoms with E-state index in [4.69, 9.17) is 10.00 Å². The Morgan fingerprint density at radius 2 is 1.80 bits per heavy atom. The molecule has 178 valence electrons. The molecule has 0 aliphatic rings. The van der Waals surface area contributed by atoms with E-state index in [-0.39, 0.29) is 11.4 Å². The van der Waals surface area contributed by atoms with E-state index in [9.17, 15) is 4.39 Å². The number of unbranched alkanes of at least 4 members (excludes halogenated alkanes) is 3. The monoisotopic (exact) mass is 470 g/mol. The van der Waals surface area contributed by atoms with Crippen molar-refractivity contribution in [3.63, 3.8) is 0 Å². The van der Waals surface area contributed by atoms with Crippen LogP contribution in [0.25, 0.3) is 22.0 Å². The summed E-state index contributed by atoms with van der Waals surface area (Å²) in [7, 11) is 0. The summed E-state index contributed by atoms with van der Waals surface area (Å²) in [4.78, 5) is 4.52. The van der Waals surface area contributed by atoms with Gasteiger partial charge >= 0.3 is 0 Å². The van der Waals surface area contributed by atoms with Gasteiger partial charge in [-0.2, -0.15) is 5.26 Å². The minimum absolute atomic E-state index is 0.0144. The number of halogens is 2. The SMILES string of the molecule is CCCCCCOc1ccc(-c2ccc3c(F)c(CCc4ccc(C#N)c(F)c4)ccc3c2)nc1. The van der Waals surface area contributed by atoms with Crippen molar-refractivity contribution >= 4 is 10.8 Å². The lowest BCUT2D eigenvalue weighted by Crippen LogP contribution is -1.98. The third-order valence-electron chi connectivity index (χ3n) is 6.17. The van der Waals surface area contributed by atoms with Gasteiger partial charge in [0.1, 0.15) is 23.5 Å². The van der Waals surface area contributed by atoms with Crippen molar-refractivity contribution in [1.82, 2.24) is 4.98 Å². The Bertz CT molecular complexity index is 1340. The van der Waals surface area contributed by atoms with Crippen LogP contribution >= 0.6 is 0 Å². The maximum atomic E-state index is 15.2. The molecule has 0 fully saturated rings. The van der Waals surface area contributed by atoms with Crippen LogP contribution in [-0.4, -0.2) is 11.6 Å². The second-order valence-electron chi connectivity index (χ2n) is 8.69. The molecule has 35 heavy (non-hydrogen) atoms. The number of aromatic nitrogens is 1. The van der Waals surface area contributed by atoms with E-state index in [2.05, 4.69) is 11.9 Å². The fourth-order valence-electron chi connectivity index (χ4n) is 4.13. The molecule has 1 heterocycles. The van der Waals surface area contributed by atoms with Gasteiger partial charge in [0.2, 0.25) is 0 Å². The van der Waals surface area contributed by atoms with Crippen molar-refractivity contribution in [1.29, 1.82) is 5.26 Å². The summed E-state index contributed by atoms with van der Waals surface area (Å²) < 4.78 is 34.8. The van der Waals surface area contributed by atoms with E-state index in [0.717, 1.165) is 34.4 Å². The highest BCUT2D eigenvalue weighted by molar-refractivity contribution is 5.88. The molecule has 3 nitrogen and oxygen atoms in total. The van der Waals surface area contributed by atoms with Gasteiger partial charge in [-0.1, -0.05) is 56.5 Å². The molecule has 1 aromatic heterocycles. The first-order chi connectivity index (χ1) is 17.1. The summed E-state index contributed by atoms with van der Waals surface area (Å²) >= 11 is 0. The molecule has 0 atom stereocenters. The molecule has 5 heteroatoms. The molecule has 0 saturated carbocycles. The molecule has 0 spiro atoms. The van der Waals surface area contributed by atoms with Crippen molar-refractivity contribution in [3.8, 4) is 23.1 Å². The van der Waals surface area contributed by atoms with E-state index < -0.39 is 5.82 Å². The molecular weight excluding hydrogens is 442 g/mol. The highest BCUT2D eigenvalue weighted by atomic mass is 19.1. The van der Waals surface area contributed by atoms with Crippen LogP contribution in [0, 0.1) is 23.0 Å². The average Bonchev–Trinajstić information content (AvgIpc) is 2.88. The quantitative estimate of drug-likeness (QED) is 0.222. The number of aryl methyl sites for hydroxylation is 2. The molecule has 0 amide bonds. The van der Waals surface area contributed by atoms with E-state index >= 15 is 4.39 Å². The van der Waals surface area contributed by atoms with E-state index in [0.29, 0.717) is 30.4 Å². The van der Waals surface area contributed by atoms with Gasteiger partial charge in [-0.15, -0.1) is 0 Å². The largest absolute Gasteiger partial charge is 0.492 e. The summed E-state index contributed by atoms with van der Waals surface area (Å²) in [5, 5.41) is 10.2. The van der Waals surface area contributed by atoms with E-state index in [1.54, 1.807) is 24.4 Å². The molecule has 0 bridgehead atoms. The maximum Gasteiger partial charge on any atom is 0.141 e. The molecule has 0 aliphatic carbocycles. The normalized spacial score (nSPS) is 10.9. The molecule has 4 aromatic rings.